The molecule has 3 atom stereocenters. The number of amides is 1. The predicted molar refractivity (Wildman–Crippen MR) is 95.7 cm³/mol. The molecule has 0 radical (unpaired) electrons. The molecular formula is C17H24N2O6S. The van der Waals surface area contributed by atoms with Crippen LogP contribution in [0.15, 0.2) is 23.1 Å². The third kappa shape index (κ3) is 4.34. The SMILES string of the molecule is COC(=O)[C@H]1CCN(C(=O)OC(C)(C)C)[C@H]1c1cc(N)ccc1S(=O)O. The van der Waals surface area contributed by atoms with E-state index in [-0.39, 0.29) is 11.4 Å². The Morgan fingerprint density at radius 3 is 2.54 bits per heavy atom. The van der Waals surface area contributed by atoms with Gasteiger partial charge in [-0.1, -0.05) is 0 Å². The molecule has 1 unspecified atom stereocenters. The predicted octanol–water partition coefficient (Wildman–Crippen LogP) is 2.32. The van der Waals surface area contributed by atoms with Gasteiger partial charge >= 0.3 is 12.1 Å². The number of ether oxygens (including phenoxy) is 2. The van der Waals surface area contributed by atoms with Gasteiger partial charge in [-0.15, -0.1) is 0 Å². The van der Waals surface area contributed by atoms with E-state index >= 15 is 0 Å². The molecular weight excluding hydrogens is 360 g/mol. The van der Waals surface area contributed by atoms with E-state index in [0.717, 1.165) is 0 Å². The summed E-state index contributed by atoms with van der Waals surface area (Å²) in [5.74, 6) is -1.19. The summed E-state index contributed by atoms with van der Waals surface area (Å²) in [5, 5.41) is 0. The fourth-order valence-electron chi connectivity index (χ4n) is 3.06. The standard InChI is InChI=1S/C17H24N2O6S/c1-17(2,3)25-16(21)19-8-7-11(15(20)24-4)14(19)12-9-10(18)5-6-13(12)26(22)23/h5-6,9,11,14H,7-8,18H2,1-4H3,(H,22,23)/t11-,14+/m0/s1. The second-order valence-electron chi connectivity index (χ2n) is 7.08. The molecule has 1 saturated heterocycles. The van der Waals surface area contributed by atoms with Gasteiger partial charge in [0.25, 0.3) is 0 Å². The average Bonchev–Trinajstić information content (AvgIpc) is 2.97. The summed E-state index contributed by atoms with van der Waals surface area (Å²) in [4.78, 5) is 26.4. The van der Waals surface area contributed by atoms with Crippen molar-refractivity contribution in [2.75, 3.05) is 19.4 Å². The van der Waals surface area contributed by atoms with Gasteiger partial charge in [0.1, 0.15) is 5.60 Å². The van der Waals surface area contributed by atoms with Crippen molar-refractivity contribution in [3.63, 3.8) is 0 Å². The second kappa shape index (κ2) is 7.63. The molecule has 0 bridgehead atoms. The van der Waals surface area contributed by atoms with Gasteiger partial charge in [0.2, 0.25) is 0 Å². The molecule has 26 heavy (non-hydrogen) atoms. The van der Waals surface area contributed by atoms with Crippen molar-refractivity contribution < 1.29 is 27.8 Å². The van der Waals surface area contributed by atoms with Crippen LogP contribution in [0.5, 0.6) is 0 Å². The molecule has 1 aromatic rings. The highest BCUT2D eigenvalue weighted by atomic mass is 32.2. The highest BCUT2D eigenvalue weighted by molar-refractivity contribution is 7.79. The molecule has 2 rings (SSSR count). The van der Waals surface area contributed by atoms with Crippen LogP contribution < -0.4 is 5.73 Å². The van der Waals surface area contributed by atoms with Crippen molar-refractivity contribution in [3.05, 3.63) is 23.8 Å². The van der Waals surface area contributed by atoms with E-state index in [0.29, 0.717) is 17.7 Å². The monoisotopic (exact) mass is 384 g/mol. The molecule has 3 N–H and O–H groups in total. The van der Waals surface area contributed by atoms with Crippen molar-refractivity contribution in [1.29, 1.82) is 0 Å². The number of hydrogen-bond acceptors (Lipinski definition) is 6. The second-order valence-corrected chi connectivity index (χ2v) is 8.02. The summed E-state index contributed by atoms with van der Waals surface area (Å²) in [7, 11) is 1.26. The molecule has 1 amide bonds. The molecule has 9 heteroatoms. The van der Waals surface area contributed by atoms with Crippen LogP contribution in [0.3, 0.4) is 0 Å². The molecule has 0 saturated carbocycles. The molecule has 1 fully saturated rings. The maximum atomic E-state index is 12.6. The lowest BCUT2D eigenvalue weighted by Crippen LogP contribution is -2.38. The van der Waals surface area contributed by atoms with Crippen LogP contribution in [0.4, 0.5) is 10.5 Å². The topological polar surface area (TPSA) is 119 Å². The summed E-state index contributed by atoms with van der Waals surface area (Å²) in [6, 6.07) is 3.62. The molecule has 144 valence electrons. The Kier molecular flexibility index (Phi) is 5.92. The Bertz CT molecular complexity index is 730. The Labute approximate surface area is 154 Å². The number of rotatable bonds is 3. The molecule has 1 aliphatic heterocycles. The minimum Gasteiger partial charge on any atom is -0.469 e. The summed E-state index contributed by atoms with van der Waals surface area (Å²) < 4.78 is 31.7. The number of nitrogen functional groups attached to an aromatic ring is 1. The summed E-state index contributed by atoms with van der Waals surface area (Å²) >= 11 is -2.31. The number of carbonyl (C=O) groups is 2. The van der Waals surface area contributed by atoms with E-state index in [1.165, 1.54) is 30.2 Å². The molecule has 1 aliphatic rings. The summed E-state index contributed by atoms with van der Waals surface area (Å²) in [5.41, 5.74) is 5.82. The lowest BCUT2D eigenvalue weighted by atomic mass is 9.93. The first-order valence-corrected chi connectivity index (χ1v) is 9.23. The zero-order chi connectivity index (χ0) is 19.6. The lowest BCUT2D eigenvalue weighted by molar-refractivity contribution is -0.146. The van der Waals surface area contributed by atoms with Gasteiger partial charge in [-0.3, -0.25) is 4.79 Å². The van der Waals surface area contributed by atoms with Crippen LogP contribution in [0.2, 0.25) is 0 Å². The van der Waals surface area contributed by atoms with Crippen LogP contribution in [-0.2, 0) is 25.3 Å². The molecule has 0 aromatic heterocycles. The summed E-state index contributed by atoms with van der Waals surface area (Å²) in [6.45, 7) is 5.47. The van der Waals surface area contributed by atoms with E-state index in [1.54, 1.807) is 20.8 Å². The number of esters is 1. The number of carbonyl (C=O) groups excluding carboxylic acids is 2. The minimum absolute atomic E-state index is 0.0913. The maximum absolute atomic E-state index is 12.6. The third-order valence-electron chi connectivity index (χ3n) is 4.07. The first kappa shape index (κ1) is 20.2. The quantitative estimate of drug-likeness (QED) is 0.466. The Morgan fingerprint density at radius 2 is 2.00 bits per heavy atom. The fraction of sp³-hybridized carbons (Fsp3) is 0.529. The van der Waals surface area contributed by atoms with Gasteiger partial charge in [-0.05, 0) is 51.0 Å². The average molecular weight is 384 g/mol. The number of hydrogen-bond donors (Lipinski definition) is 2. The van der Waals surface area contributed by atoms with Crippen LogP contribution in [0.25, 0.3) is 0 Å². The van der Waals surface area contributed by atoms with Crippen molar-refractivity contribution in [1.82, 2.24) is 4.90 Å². The Morgan fingerprint density at radius 1 is 1.35 bits per heavy atom. The number of nitrogens with two attached hydrogens (primary N) is 1. The Balaban J connectivity index is 2.53. The van der Waals surface area contributed by atoms with Crippen LogP contribution in [-0.4, -0.2) is 45.0 Å². The van der Waals surface area contributed by atoms with E-state index < -0.39 is 40.7 Å². The highest BCUT2D eigenvalue weighted by Gasteiger charge is 2.45. The van der Waals surface area contributed by atoms with Crippen molar-refractivity contribution in [2.24, 2.45) is 5.92 Å². The first-order chi connectivity index (χ1) is 12.0. The van der Waals surface area contributed by atoms with Gasteiger partial charge in [0, 0.05) is 12.2 Å². The number of nitrogens with zero attached hydrogens (tertiary/aromatic N) is 1. The van der Waals surface area contributed by atoms with E-state index in [2.05, 4.69) is 0 Å². The molecule has 0 aliphatic carbocycles. The smallest absolute Gasteiger partial charge is 0.410 e. The molecule has 8 nitrogen and oxygen atoms in total. The van der Waals surface area contributed by atoms with Gasteiger partial charge in [0.05, 0.1) is 24.0 Å². The zero-order valence-corrected chi connectivity index (χ0v) is 16.0. The summed E-state index contributed by atoms with van der Waals surface area (Å²) in [6.07, 6.45) is -0.255. The van der Waals surface area contributed by atoms with Gasteiger partial charge in [0.15, 0.2) is 11.1 Å². The van der Waals surface area contributed by atoms with Crippen LogP contribution in [0, 0.1) is 5.92 Å². The number of methoxy groups -OCH3 is 1. The number of likely N-dealkylation sites (tertiary alicyclic amines) is 1. The van der Waals surface area contributed by atoms with Crippen molar-refractivity contribution in [2.45, 2.75) is 43.7 Å². The normalized spacial score (nSPS) is 21.3. The van der Waals surface area contributed by atoms with E-state index in [4.69, 9.17) is 15.2 Å². The van der Waals surface area contributed by atoms with Crippen molar-refractivity contribution >= 4 is 28.8 Å². The molecule has 0 spiro atoms. The van der Waals surface area contributed by atoms with Gasteiger partial charge in [-0.2, -0.15) is 0 Å². The lowest BCUT2D eigenvalue weighted by Gasteiger charge is -2.31. The van der Waals surface area contributed by atoms with Gasteiger partial charge in [-0.25, -0.2) is 9.00 Å². The van der Waals surface area contributed by atoms with Crippen LogP contribution in [0.1, 0.15) is 38.8 Å². The largest absolute Gasteiger partial charge is 0.469 e. The fourth-order valence-corrected chi connectivity index (χ4v) is 3.62. The highest BCUT2D eigenvalue weighted by Crippen LogP contribution is 2.41. The molecule has 1 heterocycles. The van der Waals surface area contributed by atoms with Crippen molar-refractivity contribution in [3.8, 4) is 0 Å². The van der Waals surface area contributed by atoms with E-state index in [1.807, 2.05) is 0 Å². The van der Waals surface area contributed by atoms with Crippen LogP contribution >= 0.6 is 0 Å². The third-order valence-corrected chi connectivity index (χ3v) is 4.82. The van der Waals surface area contributed by atoms with Gasteiger partial charge < -0.3 is 24.7 Å². The molecule has 1 aromatic carbocycles. The number of benzene rings is 1. The minimum atomic E-state index is -2.31. The Hall–Kier alpha value is -2.13. The maximum Gasteiger partial charge on any atom is 0.410 e. The zero-order valence-electron chi connectivity index (χ0n) is 15.2. The van der Waals surface area contributed by atoms with E-state index in [9.17, 15) is 18.4 Å². The first-order valence-electron chi connectivity index (χ1n) is 8.13. The number of anilines is 1.